The molecule has 1 aromatic heterocycles. The number of aryl methyl sites for hydroxylation is 1. The van der Waals surface area contributed by atoms with Gasteiger partial charge in [0.1, 0.15) is 12.1 Å². The van der Waals surface area contributed by atoms with Crippen molar-refractivity contribution in [3.63, 3.8) is 0 Å². The van der Waals surface area contributed by atoms with Crippen LogP contribution < -0.4 is 15.2 Å². The molecule has 0 aliphatic carbocycles. The summed E-state index contributed by atoms with van der Waals surface area (Å²) in [5.41, 5.74) is 2.39. The molecule has 2 amide bonds. The Bertz CT molecular complexity index is 745. The number of benzene rings is 1. The molecule has 0 fully saturated rings. The molecule has 0 spiro atoms. The van der Waals surface area contributed by atoms with Gasteiger partial charge in [0.25, 0.3) is 5.91 Å². The third-order valence-electron chi connectivity index (χ3n) is 4.12. The molecule has 0 radical (unpaired) electrons. The lowest BCUT2D eigenvalue weighted by Gasteiger charge is -2.08. The molecular formula is C21H28N3O3+. The Labute approximate surface area is 160 Å². The van der Waals surface area contributed by atoms with E-state index in [4.69, 9.17) is 4.74 Å². The molecule has 1 heterocycles. The second-order valence-corrected chi connectivity index (χ2v) is 6.24. The Hall–Kier alpha value is -2.89. The quantitative estimate of drug-likeness (QED) is 0.525. The van der Waals surface area contributed by atoms with Gasteiger partial charge in [0.2, 0.25) is 0 Å². The van der Waals surface area contributed by atoms with Crippen LogP contribution in [0.1, 0.15) is 42.6 Å². The number of nitrogens with zero attached hydrogens (tertiary/aromatic N) is 1. The zero-order valence-electron chi connectivity index (χ0n) is 16.0. The van der Waals surface area contributed by atoms with E-state index in [0.29, 0.717) is 25.1 Å². The molecule has 144 valence electrons. The average Bonchev–Trinajstić information content (AvgIpc) is 2.69. The Morgan fingerprint density at radius 1 is 1.11 bits per heavy atom. The predicted molar refractivity (Wildman–Crippen MR) is 105 cm³/mol. The van der Waals surface area contributed by atoms with Gasteiger partial charge in [-0.05, 0) is 37.1 Å². The van der Waals surface area contributed by atoms with Gasteiger partial charge in [-0.15, -0.1) is 0 Å². The summed E-state index contributed by atoms with van der Waals surface area (Å²) in [5, 5.41) is 5.61. The van der Waals surface area contributed by atoms with Gasteiger partial charge in [-0.1, -0.05) is 25.5 Å². The topological polar surface area (TPSA) is 71.3 Å². The number of unbranched alkanes of at least 4 members (excludes halogenated alkanes) is 1. The molecule has 0 saturated heterocycles. The Kier molecular flexibility index (Phi) is 8.29. The number of aromatic nitrogens is 1. The average molecular weight is 370 g/mol. The van der Waals surface area contributed by atoms with Gasteiger partial charge in [0.05, 0.1) is 6.61 Å². The van der Waals surface area contributed by atoms with E-state index in [0.717, 1.165) is 30.6 Å². The van der Waals surface area contributed by atoms with Gasteiger partial charge < -0.3 is 15.4 Å². The molecule has 6 heteroatoms. The van der Waals surface area contributed by atoms with E-state index < -0.39 is 0 Å². The van der Waals surface area contributed by atoms with Gasteiger partial charge in [-0.25, -0.2) is 9.36 Å². The normalized spacial score (nSPS) is 10.3. The summed E-state index contributed by atoms with van der Waals surface area (Å²) in [6.45, 7) is 5.88. The molecule has 0 saturated carbocycles. The van der Waals surface area contributed by atoms with E-state index in [1.165, 1.54) is 0 Å². The maximum atomic E-state index is 12.3. The summed E-state index contributed by atoms with van der Waals surface area (Å²) in [5.74, 6) is -0.141. The van der Waals surface area contributed by atoms with Crippen LogP contribution in [0.25, 0.3) is 0 Å². The molecule has 2 rings (SSSR count). The fourth-order valence-electron chi connectivity index (χ4n) is 2.49. The molecule has 0 bridgehead atoms. The van der Waals surface area contributed by atoms with Crippen molar-refractivity contribution in [2.75, 3.05) is 18.5 Å². The van der Waals surface area contributed by atoms with Crippen molar-refractivity contribution in [2.24, 2.45) is 0 Å². The standard InChI is InChI=1S/C21H27N3O3/c1-3-5-13-22-21(26)27-15-12-17-8-10-19(11-9-17)23-20(25)18-7-6-14-24(4-2)16-18/h6-11,14,16H,3-5,12-13,15H2,1-2H3,(H-,22,23,25,26)/p+1. The lowest BCUT2D eigenvalue weighted by Crippen LogP contribution is -2.32. The third-order valence-corrected chi connectivity index (χ3v) is 4.12. The van der Waals surface area contributed by atoms with Crippen LogP contribution in [0.2, 0.25) is 0 Å². The van der Waals surface area contributed by atoms with E-state index in [1.807, 2.05) is 54.2 Å². The summed E-state index contributed by atoms with van der Waals surface area (Å²) in [6.07, 6.45) is 5.99. The van der Waals surface area contributed by atoms with E-state index in [-0.39, 0.29) is 12.0 Å². The summed E-state index contributed by atoms with van der Waals surface area (Å²) in [6, 6.07) is 11.2. The van der Waals surface area contributed by atoms with Gasteiger partial charge in [-0.2, -0.15) is 0 Å². The van der Waals surface area contributed by atoms with Crippen LogP contribution in [0.3, 0.4) is 0 Å². The number of ether oxygens (including phenoxy) is 1. The van der Waals surface area contributed by atoms with Gasteiger partial charge in [0.15, 0.2) is 12.4 Å². The fraction of sp³-hybridized carbons (Fsp3) is 0.381. The third kappa shape index (κ3) is 7.09. The second kappa shape index (κ2) is 11.0. The highest BCUT2D eigenvalue weighted by molar-refractivity contribution is 6.03. The summed E-state index contributed by atoms with van der Waals surface area (Å²) in [4.78, 5) is 23.8. The summed E-state index contributed by atoms with van der Waals surface area (Å²) >= 11 is 0. The SMILES string of the molecule is CCCCNC(=O)OCCc1ccc(NC(=O)c2ccc[n+](CC)c2)cc1. The number of rotatable bonds is 9. The first-order chi connectivity index (χ1) is 13.1. The van der Waals surface area contributed by atoms with Crippen molar-refractivity contribution in [3.05, 3.63) is 59.9 Å². The molecule has 27 heavy (non-hydrogen) atoms. The zero-order chi connectivity index (χ0) is 19.5. The minimum absolute atomic E-state index is 0.141. The number of anilines is 1. The maximum absolute atomic E-state index is 12.3. The van der Waals surface area contributed by atoms with Gasteiger partial charge in [-0.3, -0.25) is 4.79 Å². The first-order valence-corrected chi connectivity index (χ1v) is 9.42. The van der Waals surface area contributed by atoms with Crippen LogP contribution in [-0.4, -0.2) is 25.2 Å². The first kappa shape index (κ1) is 20.4. The van der Waals surface area contributed by atoms with Crippen LogP contribution >= 0.6 is 0 Å². The number of carbonyl (C=O) groups is 2. The number of nitrogens with one attached hydrogen (secondary N) is 2. The van der Waals surface area contributed by atoms with Crippen LogP contribution in [0, 0.1) is 0 Å². The highest BCUT2D eigenvalue weighted by Gasteiger charge is 2.10. The number of alkyl carbamates (subject to hydrolysis) is 1. The minimum atomic E-state index is -0.375. The zero-order valence-corrected chi connectivity index (χ0v) is 16.0. The van der Waals surface area contributed by atoms with Crippen molar-refractivity contribution in [1.82, 2.24) is 5.32 Å². The Morgan fingerprint density at radius 2 is 1.89 bits per heavy atom. The van der Waals surface area contributed by atoms with Crippen LogP contribution in [-0.2, 0) is 17.7 Å². The molecule has 0 atom stereocenters. The summed E-state index contributed by atoms with van der Waals surface area (Å²) < 4.78 is 7.10. The number of hydrogen-bond acceptors (Lipinski definition) is 3. The van der Waals surface area contributed by atoms with E-state index in [9.17, 15) is 9.59 Å². The van der Waals surface area contributed by atoms with Crippen LogP contribution in [0.5, 0.6) is 0 Å². The monoisotopic (exact) mass is 370 g/mol. The molecule has 6 nitrogen and oxygen atoms in total. The number of hydrogen-bond donors (Lipinski definition) is 2. The summed E-state index contributed by atoms with van der Waals surface area (Å²) in [7, 11) is 0. The molecular weight excluding hydrogens is 342 g/mol. The second-order valence-electron chi connectivity index (χ2n) is 6.24. The molecule has 2 aromatic rings. The molecule has 0 aliphatic rings. The highest BCUT2D eigenvalue weighted by atomic mass is 16.5. The largest absolute Gasteiger partial charge is 0.449 e. The molecule has 0 aliphatic heterocycles. The van der Waals surface area contributed by atoms with Crippen molar-refractivity contribution in [1.29, 1.82) is 0 Å². The van der Waals surface area contributed by atoms with Crippen LogP contribution in [0.15, 0.2) is 48.8 Å². The van der Waals surface area contributed by atoms with Gasteiger partial charge in [0, 0.05) is 24.7 Å². The predicted octanol–water partition coefficient (Wildman–Crippen LogP) is 3.32. The van der Waals surface area contributed by atoms with Crippen LogP contribution in [0.4, 0.5) is 10.5 Å². The molecule has 1 aromatic carbocycles. The van der Waals surface area contributed by atoms with Crippen molar-refractivity contribution >= 4 is 17.7 Å². The van der Waals surface area contributed by atoms with E-state index in [1.54, 1.807) is 6.07 Å². The van der Waals surface area contributed by atoms with E-state index in [2.05, 4.69) is 17.6 Å². The lowest BCUT2D eigenvalue weighted by atomic mass is 10.1. The molecule has 0 unspecified atom stereocenters. The van der Waals surface area contributed by atoms with Gasteiger partial charge >= 0.3 is 6.09 Å². The highest BCUT2D eigenvalue weighted by Crippen LogP contribution is 2.11. The van der Waals surface area contributed by atoms with Crippen molar-refractivity contribution in [3.8, 4) is 0 Å². The number of carbonyl (C=O) groups excluding carboxylic acids is 2. The van der Waals surface area contributed by atoms with Crippen molar-refractivity contribution in [2.45, 2.75) is 39.7 Å². The lowest BCUT2D eigenvalue weighted by molar-refractivity contribution is -0.693. The number of amides is 2. The first-order valence-electron chi connectivity index (χ1n) is 9.42. The minimum Gasteiger partial charge on any atom is -0.449 e. The maximum Gasteiger partial charge on any atom is 0.407 e. The number of pyridine rings is 1. The Morgan fingerprint density at radius 3 is 2.59 bits per heavy atom. The van der Waals surface area contributed by atoms with E-state index >= 15 is 0 Å². The Balaban J connectivity index is 1.79. The smallest absolute Gasteiger partial charge is 0.407 e. The van der Waals surface area contributed by atoms with Crippen molar-refractivity contribution < 1.29 is 18.9 Å². The molecule has 2 N–H and O–H groups in total. The fourth-order valence-corrected chi connectivity index (χ4v) is 2.49.